The van der Waals surface area contributed by atoms with E-state index in [2.05, 4.69) is 9.82 Å². The van der Waals surface area contributed by atoms with Crippen molar-refractivity contribution in [3.8, 4) is 0 Å². The maximum Gasteiger partial charge on any atom is 0.243 e. The van der Waals surface area contributed by atoms with Gasteiger partial charge in [-0.2, -0.15) is 5.10 Å². The zero-order chi connectivity index (χ0) is 12.7. The number of nitrogens with one attached hydrogen (secondary N) is 1. The van der Waals surface area contributed by atoms with Crippen molar-refractivity contribution in [2.75, 3.05) is 26.3 Å². The van der Waals surface area contributed by atoms with Crippen LogP contribution in [0.2, 0.25) is 0 Å². The Morgan fingerprint density at radius 1 is 1.59 bits per heavy atom. The molecule has 3 N–H and O–H groups in total. The van der Waals surface area contributed by atoms with E-state index >= 15 is 0 Å². The molecule has 0 spiro atoms. The first-order chi connectivity index (χ1) is 8.10. The quantitative estimate of drug-likeness (QED) is 0.595. The molecule has 1 aromatic heterocycles. The van der Waals surface area contributed by atoms with Crippen LogP contribution in [-0.2, 0) is 21.3 Å². The van der Waals surface area contributed by atoms with Gasteiger partial charge in [0.25, 0.3) is 0 Å². The molecule has 0 amide bonds. The fourth-order valence-corrected chi connectivity index (χ4v) is 2.18. The van der Waals surface area contributed by atoms with Crippen LogP contribution in [0.3, 0.4) is 0 Å². The maximum absolute atomic E-state index is 11.8. The van der Waals surface area contributed by atoms with E-state index in [-0.39, 0.29) is 11.4 Å². The van der Waals surface area contributed by atoms with Gasteiger partial charge >= 0.3 is 0 Å². The second kappa shape index (κ2) is 6.70. The summed E-state index contributed by atoms with van der Waals surface area (Å²) < 4.78 is 32.5. The van der Waals surface area contributed by atoms with Crippen molar-refractivity contribution in [3.63, 3.8) is 0 Å². The molecule has 1 aromatic rings. The summed E-state index contributed by atoms with van der Waals surface area (Å²) in [5.41, 5.74) is 5.35. The third kappa shape index (κ3) is 4.43. The standard InChI is InChI=1S/C9H18N4O3S/c1-2-16-6-4-12-17(14,15)9-7-11-13(8-9)5-3-10/h7-8,12H,2-6,10H2,1H3. The minimum atomic E-state index is -3.49. The van der Waals surface area contributed by atoms with E-state index in [0.717, 1.165) is 0 Å². The molecule has 0 fully saturated rings. The minimum absolute atomic E-state index is 0.141. The summed E-state index contributed by atoms with van der Waals surface area (Å²) in [7, 11) is -3.49. The van der Waals surface area contributed by atoms with Crippen LogP contribution in [-0.4, -0.2) is 44.5 Å². The molecular weight excluding hydrogens is 244 g/mol. The molecule has 0 atom stereocenters. The van der Waals surface area contributed by atoms with Crippen molar-refractivity contribution in [1.29, 1.82) is 0 Å². The summed E-state index contributed by atoms with van der Waals surface area (Å²) in [5.74, 6) is 0. The topological polar surface area (TPSA) is 99.2 Å². The van der Waals surface area contributed by atoms with E-state index in [1.807, 2.05) is 6.92 Å². The van der Waals surface area contributed by atoms with Crippen LogP contribution in [0.1, 0.15) is 6.92 Å². The van der Waals surface area contributed by atoms with Crippen molar-refractivity contribution in [2.24, 2.45) is 5.73 Å². The molecule has 98 valence electrons. The van der Waals surface area contributed by atoms with Crippen LogP contribution in [0, 0.1) is 0 Å². The van der Waals surface area contributed by atoms with Gasteiger partial charge in [0.1, 0.15) is 4.90 Å². The Morgan fingerprint density at radius 2 is 2.35 bits per heavy atom. The lowest BCUT2D eigenvalue weighted by Gasteiger charge is -2.04. The fourth-order valence-electron chi connectivity index (χ4n) is 1.21. The van der Waals surface area contributed by atoms with Gasteiger partial charge in [-0.05, 0) is 6.92 Å². The molecule has 8 heteroatoms. The second-order valence-electron chi connectivity index (χ2n) is 3.32. The van der Waals surface area contributed by atoms with Gasteiger partial charge in [-0.25, -0.2) is 13.1 Å². The zero-order valence-corrected chi connectivity index (χ0v) is 10.6. The predicted molar refractivity (Wildman–Crippen MR) is 63.0 cm³/mol. The lowest BCUT2D eigenvalue weighted by molar-refractivity contribution is 0.153. The van der Waals surface area contributed by atoms with E-state index in [9.17, 15) is 8.42 Å². The fraction of sp³-hybridized carbons (Fsp3) is 0.667. The molecule has 0 radical (unpaired) electrons. The number of ether oxygens (including phenoxy) is 1. The summed E-state index contributed by atoms with van der Waals surface area (Å²) >= 11 is 0. The van der Waals surface area contributed by atoms with Crippen molar-refractivity contribution < 1.29 is 13.2 Å². The average Bonchev–Trinajstić information content (AvgIpc) is 2.74. The molecule has 0 unspecified atom stereocenters. The van der Waals surface area contributed by atoms with Gasteiger partial charge in [0, 0.05) is 25.9 Å². The monoisotopic (exact) mass is 262 g/mol. The zero-order valence-electron chi connectivity index (χ0n) is 9.80. The molecule has 1 heterocycles. The normalized spacial score (nSPS) is 11.9. The third-order valence-corrected chi connectivity index (χ3v) is 3.44. The number of aromatic nitrogens is 2. The van der Waals surface area contributed by atoms with E-state index < -0.39 is 10.0 Å². The van der Waals surface area contributed by atoms with Crippen LogP contribution in [0.15, 0.2) is 17.3 Å². The van der Waals surface area contributed by atoms with Gasteiger partial charge < -0.3 is 10.5 Å². The average molecular weight is 262 g/mol. The highest BCUT2D eigenvalue weighted by Gasteiger charge is 2.15. The van der Waals surface area contributed by atoms with Crippen LogP contribution < -0.4 is 10.5 Å². The van der Waals surface area contributed by atoms with Gasteiger partial charge in [0.2, 0.25) is 10.0 Å². The SMILES string of the molecule is CCOCCNS(=O)(=O)c1cnn(CCN)c1. The van der Waals surface area contributed by atoms with Gasteiger partial charge in [-0.15, -0.1) is 0 Å². The summed E-state index contributed by atoms with van der Waals surface area (Å²) in [5, 5.41) is 3.90. The van der Waals surface area contributed by atoms with E-state index in [0.29, 0.717) is 26.3 Å². The van der Waals surface area contributed by atoms with Crippen molar-refractivity contribution >= 4 is 10.0 Å². The third-order valence-electron chi connectivity index (χ3n) is 2.02. The number of sulfonamides is 1. The first-order valence-corrected chi connectivity index (χ1v) is 6.88. The van der Waals surface area contributed by atoms with Gasteiger partial charge in [0.15, 0.2) is 0 Å². The van der Waals surface area contributed by atoms with Crippen molar-refractivity contribution in [2.45, 2.75) is 18.4 Å². The van der Waals surface area contributed by atoms with Crippen molar-refractivity contribution in [1.82, 2.24) is 14.5 Å². The summed E-state index contributed by atoms with van der Waals surface area (Å²) in [6.07, 6.45) is 2.76. The van der Waals surface area contributed by atoms with E-state index in [1.165, 1.54) is 17.1 Å². The molecule has 0 bridgehead atoms. The number of nitrogens with two attached hydrogens (primary N) is 1. The first-order valence-electron chi connectivity index (χ1n) is 5.40. The molecule has 0 aromatic carbocycles. The van der Waals surface area contributed by atoms with Crippen LogP contribution >= 0.6 is 0 Å². The Morgan fingerprint density at radius 3 is 3.00 bits per heavy atom. The Balaban J connectivity index is 2.56. The Labute approximate surface area is 101 Å². The number of hydrogen-bond acceptors (Lipinski definition) is 5. The smallest absolute Gasteiger partial charge is 0.243 e. The van der Waals surface area contributed by atoms with Gasteiger partial charge in [-0.3, -0.25) is 4.68 Å². The highest BCUT2D eigenvalue weighted by molar-refractivity contribution is 7.89. The van der Waals surface area contributed by atoms with Crippen LogP contribution in [0.4, 0.5) is 0 Å². The number of nitrogens with zero attached hydrogens (tertiary/aromatic N) is 2. The Bertz CT molecular complexity index is 429. The van der Waals surface area contributed by atoms with Crippen LogP contribution in [0.25, 0.3) is 0 Å². The Hall–Kier alpha value is -0.960. The number of hydrogen-bond donors (Lipinski definition) is 2. The summed E-state index contributed by atoms with van der Waals surface area (Å²) in [6, 6.07) is 0. The molecule has 0 aliphatic carbocycles. The Kier molecular flexibility index (Phi) is 5.56. The highest BCUT2D eigenvalue weighted by Crippen LogP contribution is 2.06. The lowest BCUT2D eigenvalue weighted by atomic mass is 10.6. The maximum atomic E-state index is 11.8. The highest BCUT2D eigenvalue weighted by atomic mass is 32.2. The molecule has 17 heavy (non-hydrogen) atoms. The molecule has 0 aliphatic heterocycles. The molecule has 0 aliphatic rings. The van der Waals surface area contributed by atoms with E-state index in [1.54, 1.807) is 0 Å². The second-order valence-corrected chi connectivity index (χ2v) is 5.09. The van der Waals surface area contributed by atoms with Crippen LogP contribution in [0.5, 0.6) is 0 Å². The lowest BCUT2D eigenvalue weighted by Crippen LogP contribution is -2.27. The van der Waals surface area contributed by atoms with Gasteiger partial charge in [-0.1, -0.05) is 0 Å². The van der Waals surface area contributed by atoms with Gasteiger partial charge in [0.05, 0.1) is 19.3 Å². The molecule has 1 rings (SSSR count). The number of rotatable bonds is 8. The van der Waals surface area contributed by atoms with Crippen molar-refractivity contribution in [3.05, 3.63) is 12.4 Å². The molecular formula is C9H18N4O3S. The molecule has 0 saturated heterocycles. The summed E-state index contributed by atoms with van der Waals surface area (Å²) in [4.78, 5) is 0.141. The predicted octanol–water partition coefficient (Wildman–Crippen LogP) is -0.843. The first kappa shape index (κ1) is 14.1. The van der Waals surface area contributed by atoms with E-state index in [4.69, 9.17) is 10.5 Å². The summed E-state index contributed by atoms with van der Waals surface area (Å²) in [6.45, 7) is 3.93. The largest absolute Gasteiger partial charge is 0.380 e. The minimum Gasteiger partial charge on any atom is -0.380 e. The molecule has 0 saturated carbocycles. The molecule has 7 nitrogen and oxygen atoms in total.